The highest BCUT2D eigenvalue weighted by molar-refractivity contribution is 5.41. The quantitative estimate of drug-likeness (QED) is 0.694. The maximum Gasteiger partial charge on any atom is 0.247 e. The molecule has 0 aliphatic heterocycles. The van der Waals surface area contributed by atoms with Gasteiger partial charge < -0.3 is 10.2 Å². The number of nitrogens with zero attached hydrogens (tertiary/aromatic N) is 4. The first-order valence-corrected chi connectivity index (χ1v) is 8.91. The number of nitrogens with one attached hydrogen (secondary N) is 1. The smallest absolute Gasteiger partial charge is 0.247 e. The minimum atomic E-state index is 0.268. The van der Waals surface area contributed by atoms with Crippen LogP contribution < -0.4 is 10.2 Å². The molecule has 26 heavy (non-hydrogen) atoms. The highest BCUT2D eigenvalue weighted by Crippen LogP contribution is 2.17. The summed E-state index contributed by atoms with van der Waals surface area (Å²) in [6, 6.07) is 19.0. The molecule has 1 heterocycles. The van der Waals surface area contributed by atoms with Crippen LogP contribution in [0, 0.1) is 6.92 Å². The minimum Gasteiger partial charge on any atom is -0.365 e. The van der Waals surface area contributed by atoms with Gasteiger partial charge in [-0.1, -0.05) is 60.2 Å². The van der Waals surface area contributed by atoms with Crippen molar-refractivity contribution in [3.05, 3.63) is 77.5 Å². The zero-order chi connectivity index (χ0) is 18.4. The minimum absolute atomic E-state index is 0.268. The van der Waals surface area contributed by atoms with E-state index < -0.39 is 0 Å². The van der Waals surface area contributed by atoms with Crippen LogP contribution in [0.5, 0.6) is 0 Å². The van der Waals surface area contributed by atoms with Gasteiger partial charge in [-0.2, -0.15) is 10.1 Å². The van der Waals surface area contributed by atoms with E-state index in [0.29, 0.717) is 12.5 Å². The highest BCUT2D eigenvalue weighted by atomic mass is 15.3. The third-order valence-electron chi connectivity index (χ3n) is 4.18. The molecule has 1 aromatic heterocycles. The lowest BCUT2D eigenvalue weighted by molar-refractivity contribution is 0.652. The van der Waals surface area contributed by atoms with Crippen molar-refractivity contribution in [2.45, 2.75) is 39.9 Å². The van der Waals surface area contributed by atoms with Crippen LogP contribution in [0.2, 0.25) is 0 Å². The highest BCUT2D eigenvalue weighted by Gasteiger charge is 2.15. The molecule has 0 amide bonds. The molecule has 134 valence electrons. The number of hydrogen-bond acceptors (Lipinski definition) is 5. The lowest BCUT2D eigenvalue weighted by Gasteiger charge is -2.26. The Balaban J connectivity index is 1.73. The molecule has 0 bridgehead atoms. The second-order valence-corrected chi connectivity index (χ2v) is 6.69. The van der Waals surface area contributed by atoms with E-state index in [9.17, 15) is 0 Å². The first kappa shape index (κ1) is 17.9. The van der Waals surface area contributed by atoms with Crippen molar-refractivity contribution in [2.24, 2.45) is 0 Å². The Morgan fingerprint density at radius 2 is 1.77 bits per heavy atom. The van der Waals surface area contributed by atoms with Gasteiger partial charge >= 0.3 is 0 Å². The zero-order valence-electron chi connectivity index (χ0n) is 15.6. The van der Waals surface area contributed by atoms with E-state index in [-0.39, 0.29) is 6.04 Å². The van der Waals surface area contributed by atoms with Crippen LogP contribution in [0.25, 0.3) is 0 Å². The van der Waals surface area contributed by atoms with E-state index >= 15 is 0 Å². The molecular formula is C21H25N5. The lowest BCUT2D eigenvalue weighted by atomic mass is 10.1. The SMILES string of the molecule is Cc1cccc(CNc2cnnc(N(Cc3ccccc3)C(C)C)n2)c1. The van der Waals surface area contributed by atoms with Gasteiger partial charge in [-0.15, -0.1) is 5.10 Å². The molecule has 0 aliphatic rings. The summed E-state index contributed by atoms with van der Waals surface area (Å²) in [4.78, 5) is 6.82. The van der Waals surface area contributed by atoms with Crippen molar-refractivity contribution in [3.8, 4) is 0 Å². The molecular weight excluding hydrogens is 322 g/mol. The van der Waals surface area contributed by atoms with Gasteiger partial charge in [0.05, 0.1) is 6.20 Å². The van der Waals surface area contributed by atoms with Crippen molar-refractivity contribution < 1.29 is 0 Å². The first-order valence-electron chi connectivity index (χ1n) is 8.91. The number of aryl methyl sites for hydroxylation is 1. The van der Waals surface area contributed by atoms with Crippen molar-refractivity contribution in [2.75, 3.05) is 10.2 Å². The number of aromatic nitrogens is 3. The summed E-state index contributed by atoms with van der Waals surface area (Å²) in [6.07, 6.45) is 1.67. The van der Waals surface area contributed by atoms with Crippen LogP contribution >= 0.6 is 0 Å². The Labute approximate surface area is 155 Å². The predicted molar refractivity (Wildman–Crippen MR) is 106 cm³/mol. The predicted octanol–water partition coefficient (Wildman–Crippen LogP) is 4.21. The maximum absolute atomic E-state index is 4.67. The van der Waals surface area contributed by atoms with Gasteiger partial charge in [-0.25, -0.2) is 0 Å². The van der Waals surface area contributed by atoms with Crippen LogP contribution in [0.4, 0.5) is 11.8 Å². The van der Waals surface area contributed by atoms with Gasteiger partial charge in [-0.3, -0.25) is 0 Å². The molecule has 0 saturated carbocycles. The van der Waals surface area contributed by atoms with E-state index in [0.717, 1.165) is 12.4 Å². The topological polar surface area (TPSA) is 53.9 Å². The average Bonchev–Trinajstić information content (AvgIpc) is 2.65. The second kappa shape index (κ2) is 8.43. The Hall–Kier alpha value is -2.95. The number of anilines is 2. The van der Waals surface area contributed by atoms with Crippen molar-refractivity contribution in [1.29, 1.82) is 0 Å². The second-order valence-electron chi connectivity index (χ2n) is 6.69. The number of hydrogen-bond donors (Lipinski definition) is 1. The van der Waals surface area contributed by atoms with Crippen molar-refractivity contribution in [1.82, 2.24) is 15.2 Å². The Kier molecular flexibility index (Phi) is 5.79. The summed E-state index contributed by atoms with van der Waals surface area (Å²) < 4.78 is 0. The molecule has 3 aromatic rings. The number of benzene rings is 2. The van der Waals surface area contributed by atoms with E-state index in [2.05, 4.69) is 82.6 Å². The molecule has 0 atom stereocenters. The fraction of sp³-hybridized carbons (Fsp3) is 0.286. The van der Waals surface area contributed by atoms with Gasteiger partial charge in [0.15, 0.2) is 5.82 Å². The Bertz CT molecular complexity index is 833. The van der Waals surface area contributed by atoms with Crippen molar-refractivity contribution >= 4 is 11.8 Å². The summed E-state index contributed by atoms with van der Waals surface area (Å²) in [5.41, 5.74) is 3.69. The standard InChI is InChI=1S/C21H25N5/c1-16(2)26(15-18-9-5-4-6-10-18)21-24-20(14-23-25-21)22-13-19-11-7-8-17(3)12-19/h4-12,14,16H,13,15H2,1-3H3,(H,22,24,25). The molecule has 5 nitrogen and oxygen atoms in total. The molecule has 2 aromatic carbocycles. The molecule has 0 radical (unpaired) electrons. The van der Waals surface area contributed by atoms with Gasteiger partial charge in [0.1, 0.15) is 0 Å². The van der Waals surface area contributed by atoms with Gasteiger partial charge in [0.25, 0.3) is 0 Å². The monoisotopic (exact) mass is 347 g/mol. The summed E-state index contributed by atoms with van der Waals surface area (Å²) in [5, 5.41) is 11.7. The summed E-state index contributed by atoms with van der Waals surface area (Å²) in [6.45, 7) is 7.83. The van der Waals surface area contributed by atoms with Gasteiger partial charge in [0.2, 0.25) is 5.95 Å². The van der Waals surface area contributed by atoms with Crippen LogP contribution in [0.1, 0.15) is 30.5 Å². The van der Waals surface area contributed by atoms with Crippen LogP contribution in [0.3, 0.4) is 0 Å². The fourth-order valence-corrected chi connectivity index (χ4v) is 2.78. The van der Waals surface area contributed by atoms with Gasteiger partial charge in [0, 0.05) is 19.1 Å². The summed E-state index contributed by atoms with van der Waals surface area (Å²) in [7, 11) is 0. The molecule has 0 saturated heterocycles. The van der Waals surface area contributed by atoms with Crippen molar-refractivity contribution in [3.63, 3.8) is 0 Å². The van der Waals surface area contributed by atoms with E-state index in [1.165, 1.54) is 16.7 Å². The molecule has 0 aliphatic carbocycles. The average molecular weight is 347 g/mol. The van der Waals surface area contributed by atoms with Crippen LogP contribution in [-0.2, 0) is 13.1 Å². The number of rotatable bonds is 7. The normalized spacial score (nSPS) is 10.8. The van der Waals surface area contributed by atoms with E-state index in [1.54, 1.807) is 6.20 Å². The third kappa shape index (κ3) is 4.79. The molecule has 0 unspecified atom stereocenters. The maximum atomic E-state index is 4.67. The third-order valence-corrected chi connectivity index (χ3v) is 4.18. The van der Waals surface area contributed by atoms with E-state index in [1.807, 2.05) is 18.2 Å². The molecule has 0 fully saturated rings. The van der Waals surface area contributed by atoms with Gasteiger partial charge in [-0.05, 0) is 31.9 Å². The first-order chi connectivity index (χ1) is 12.6. The van der Waals surface area contributed by atoms with E-state index in [4.69, 9.17) is 0 Å². The Morgan fingerprint density at radius 1 is 1.00 bits per heavy atom. The largest absolute Gasteiger partial charge is 0.365 e. The summed E-state index contributed by atoms with van der Waals surface area (Å²) >= 11 is 0. The van der Waals surface area contributed by atoms with Crippen LogP contribution in [-0.4, -0.2) is 21.2 Å². The lowest BCUT2D eigenvalue weighted by Crippen LogP contribution is -2.32. The molecule has 1 N–H and O–H groups in total. The molecule has 0 spiro atoms. The molecule has 3 rings (SSSR count). The Morgan fingerprint density at radius 3 is 2.50 bits per heavy atom. The molecule has 5 heteroatoms. The summed E-state index contributed by atoms with van der Waals surface area (Å²) in [5.74, 6) is 1.37. The fourth-order valence-electron chi connectivity index (χ4n) is 2.78. The zero-order valence-corrected chi connectivity index (χ0v) is 15.6. The van der Waals surface area contributed by atoms with Crippen LogP contribution in [0.15, 0.2) is 60.8 Å².